The first kappa shape index (κ1) is 18.0. The molecular weight excluding hydrogens is 350 g/mol. The van der Waals surface area contributed by atoms with Crippen LogP contribution in [0.25, 0.3) is 0 Å². The van der Waals surface area contributed by atoms with Crippen molar-refractivity contribution >= 4 is 40.1 Å². The predicted molar refractivity (Wildman–Crippen MR) is 104 cm³/mol. The number of carbonyl (C=O) groups excluding carboxylic acids is 2. The van der Waals surface area contributed by atoms with E-state index in [2.05, 4.69) is 10.3 Å². The van der Waals surface area contributed by atoms with Gasteiger partial charge in [-0.15, -0.1) is 0 Å². The third-order valence-electron chi connectivity index (χ3n) is 3.90. The number of ether oxygens (including phenoxy) is 1. The molecule has 1 heterocycles. The van der Waals surface area contributed by atoms with Crippen molar-refractivity contribution in [3.8, 4) is 5.75 Å². The fourth-order valence-corrected chi connectivity index (χ4v) is 3.47. The Bertz CT molecular complexity index is 822. The topological polar surface area (TPSA) is 71.0 Å². The lowest BCUT2D eigenvalue weighted by Gasteiger charge is -2.28. The molecule has 1 saturated heterocycles. The SMILES string of the molecule is COc1ccc(N=C2S[C@H](C(=O)Nc3ccccc3)CC(=O)N2C)cc1. The van der Waals surface area contributed by atoms with Gasteiger partial charge in [0.05, 0.1) is 12.8 Å². The molecule has 3 rings (SSSR count). The summed E-state index contributed by atoms with van der Waals surface area (Å²) in [4.78, 5) is 30.8. The Morgan fingerprint density at radius 1 is 1.19 bits per heavy atom. The molecule has 2 aromatic rings. The van der Waals surface area contributed by atoms with Crippen molar-refractivity contribution in [1.29, 1.82) is 0 Å². The molecule has 134 valence electrons. The Kier molecular flexibility index (Phi) is 5.58. The smallest absolute Gasteiger partial charge is 0.238 e. The van der Waals surface area contributed by atoms with Crippen molar-refractivity contribution in [2.24, 2.45) is 4.99 Å². The van der Waals surface area contributed by atoms with E-state index in [-0.39, 0.29) is 18.2 Å². The van der Waals surface area contributed by atoms with Crippen LogP contribution in [0.2, 0.25) is 0 Å². The maximum Gasteiger partial charge on any atom is 0.238 e. The van der Waals surface area contributed by atoms with Gasteiger partial charge in [0.25, 0.3) is 0 Å². The molecular formula is C19H19N3O3S. The summed E-state index contributed by atoms with van der Waals surface area (Å²) in [6, 6.07) is 16.4. The monoisotopic (exact) mass is 369 g/mol. The van der Waals surface area contributed by atoms with Crippen LogP contribution in [0, 0.1) is 0 Å². The quantitative estimate of drug-likeness (QED) is 0.898. The summed E-state index contributed by atoms with van der Waals surface area (Å²) in [5.41, 5.74) is 1.40. The van der Waals surface area contributed by atoms with E-state index in [1.165, 1.54) is 16.7 Å². The number of benzene rings is 2. The number of amidine groups is 1. The summed E-state index contributed by atoms with van der Waals surface area (Å²) >= 11 is 1.29. The first-order valence-corrected chi connectivity index (χ1v) is 8.96. The van der Waals surface area contributed by atoms with Gasteiger partial charge in [0.15, 0.2) is 5.17 Å². The van der Waals surface area contributed by atoms with Gasteiger partial charge >= 0.3 is 0 Å². The normalized spacial score (nSPS) is 18.7. The number of anilines is 1. The van der Waals surface area contributed by atoms with Crippen LogP contribution in [-0.4, -0.2) is 41.3 Å². The standard InChI is InChI=1S/C19H19N3O3S/c1-22-17(23)12-16(18(24)20-13-6-4-3-5-7-13)26-19(22)21-14-8-10-15(25-2)11-9-14/h3-11,16H,12H2,1-2H3,(H,20,24)/t16-/m0/s1. The molecule has 0 unspecified atom stereocenters. The van der Waals surface area contributed by atoms with E-state index in [0.717, 1.165) is 5.75 Å². The summed E-state index contributed by atoms with van der Waals surface area (Å²) in [6.07, 6.45) is 0.140. The first-order valence-electron chi connectivity index (χ1n) is 8.08. The van der Waals surface area contributed by atoms with E-state index in [1.807, 2.05) is 30.3 Å². The number of amides is 2. The van der Waals surface area contributed by atoms with E-state index in [4.69, 9.17) is 4.74 Å². The fraction of sp³-hybridized carbons (Fsp3) is 0.211. The van der Waals surface area contributed by atoms with E-state index in [1.54, 1.807) is 38.4 Å². The lowest BCUT2D eigenvalue weighted by Crippen LogP contribution is -2.43. The van der Waals surface area contributed by atoms with Crippen molar-refractivity contribution in [3.63, 3.8) is 0 Å². The summed E-state index contributed by atoms with van der Waals surface area (Å²) in [5, 5.41) is 2.83. The van der Waals surface area contributed by atoms with Crippen molar-refractivity contribution in [3.05, 3.63) is 54.6 Å². The minimum Gasteiger partial charge on any atom is -0.497 e. The van der Waals surface area contributed by atoms with Crippen LogP contribution in [0.3, 0.4) is 0 Å². The molecule has 0 saturated carbocycles. The number of carbonyl (C=O) groups is 2. The average molecular weight is 369 g/mol. The highest BCUT2D eigenvalue weighted by atomic mass is 32.2. The summed E-state index contributed by atoms with van der Waals surface area (Å²) in [6.45, 7) is 0. The van der Waals surface area contributed by atoms with E-state index < -0.39 is 5.25 Å². The second-order valence-corrected chi connectivity index (χ2v) is 6.88. The number of nitrogens with one attached hydrogen (secondary N) is 1. The van der Waals surface area contributed by atoms with Crippen LogP contribution in [-0.2, 0) is 9.59 Å². The maximum absolute atomic E-state index is 12.5. The van der Waals surface area contributed by atoms with Gasteiger partial charge in [-0.2, -0.15) is 0 Å². The van der Waals surface area contributed by atoms with Crippen LogP contribution in [0.15, 0.2) is 59.6 Å². The minimum atomic E-state index is -0.518. The number of nitrogens with zero attached hydrogens (tertiary/aromatic N) is 2. The molecule has 1 N–H and O–H groups in total. The summed E-state index contributed by atoms with van der Waals surface area (Å²) in [7, 11) is 3.27. The molecule has 0 radical (unpaired) electrons. The number of para-hydroxylation sites is 1. The molecule has 1 fully saturated rings. The van der Waals surface area contributed by atoms with Gasteiger partial charge in [0.2, 0.25) is 11.8 Å². The predicted octanol–water partition coefficient (Wildman–Crippen LogP) is 3.29. The van der Waals surface area contributed by atoms with Crippen molar-refractivity contribution < 1.29 is 14.3 Å². The van der Waals surface area contributed by atoms with Gasteiger partial charge in [-0.3, -0.25) is 14.5 Å². The van der Waals surface area contributed by atoms with E-state index >= 15 is 0 Å². The summed E-state index contributed by atoms with van der Waals surface area (Å²) in [5.74, 6) is 0.393. The van der Waals surface area contributed by atoms with E-state index in [9.17, 15) is 9.59 Å². The molecule has 1 aliphatic rings. The van der Waals surface area contributed by atoms with Crippen LogP contribution in [0.5, 0.6) is 5.75 Å². The lowest BCUT2D eigenvalue weighted by molar-refractivity contribution is -0.128. The number of hydrogen-bond acceptors (Lipinski definition) is 5. The summed E-state index contributed by atoms with van der Waals surface area (Å²) < 4.78 is 5.13. The molecule has 0 aliphatic carbocycles. The third kappa shape index (κ3) is 4.23. The Labute approximate surface area is 156 Å². The molecule has 1 atom stereocenters. The molecule has 2 amide bonds. The minimum absolute atomic E-state index is 0.135. The molecule has 26 heavy (non-hydrogen) atoms. The van der Waals surface area contributed by atoms with E-state index in [0.29, 0.717) is 16.5 Å². The number of methoxy groups -OCH3 is 1. The van der Waals surface area contributed by atoms with Crippen LogP contribution in [0.4, 0.5) is 11.4 Å². The molecule has 0 aromatic heterocycles. The Balaban J connectivity index is 1.76. The zero-order chi connectivity index (χ0) is 18.5. The second-order valence-electron chi connectivity index (χ2n) is 5.71. The zero-order valence-electron chi connectivity index (χ0n) is 14.5. The molecule has 0 spiro atoms. The highest BCUT2D eigenvalue weighted by molar-refractivity contribution is 8.15. The molecule has 0 bridgehead atoms. The number of aliphatic imine (C=N–C) groups is 1. The van der Waals surface area contributed by atoms with Crippen LogP contribution < -0.4 is 10.1 Å². The van der Waals surface area contributed by atoms with Gasteiger partial charge in [-0.05, 0) is 36.4 Å². The maximum atomic E-state index is 12.5. The van der Waals surface area contributed by atoms with Gasteiger partial charge in [-0.1, -0.05) is 30.0 Å². The Morgan fingerprint density at radius 2 is 1.88 bits per heavy atom. The lowest BCUT2D eigenvalue weighted by atomic mass is 10.2. The number of thioether (sulfide) groups is 1. The van der Waals surface area contributed by atoms with Gasteiger partial charge < -0.3 is 10.1 Å². The van der Waals surface area contributed by atoms with Crippen molar-refractivity contribution in [1.82, 2.24) is 4.90 Å². The second kappa shape index (κ2) is 8.05. The number of rotatable bonds is 4. The largest absolute Gasteiger partial charge is 0.497 e. The first-order chi connectivity index (χ1) is 12.6. The van der Waals surface area contributed by atoms with Gasteiger partial charge in [0.1, 0.15) is 11.0 Å². The van der Waals surface area contributed by atoms with Gasteiger partial charge in [-0.25, -0.2) is 4.99 Å². The van der Waals surface area contributed by atoms with Crippen LogP contribution >= 0.6 is 11.8 Å². The molecule has 1 aliphatic heterocycles. The molecule has 7 heteroatoms. The third-order valence-corrected chi connectivity index (χ3v) is 5.14. The average Bonchev–Trinajstić information content (AvgIpc) is 2.66. The van der Waals surface area contributed by atoms with Crippen molar-refractivity contribution in [2.45, 2.75) is 11.7 Å². The van der Waals surface area contributed by atoms with Crippen molar-refractivity contribution in [2.75, 3.05) is 19.5 Å². The Hall–Kier alpha value is -2.80. The fourth-order valence-electron chi connectivity index (χ4n) is 2.41. The zero-order valence-corrected chi connectivity index (χ0v) is 15.3. The molecule has 2 aromatic carbocycles. The number of hydrogen-bond donors (Lipinski definition) is 1. The highest BCUT2D eigenvalue weighted by Crippen LogP contribution is 2.29. The molecule has 6 nitrogen and oxygen atoms in total. The van der Waals surface area contributed by atoms with Gasteiger partial charge in [0, 0.05) is 19.2 Å². The van der Waals surface area contributed by atoms with Crippen LogP contribution in [0.1, 0.15) is 6.42 Å². The Morgan fingerprint density at radius 3 is 2.54 bits per heavy atom. The highest BCUT2D eigenvalue weighted by Gasteiger charge is 2.34.